The highest BCUT2D eigenvalue weighted by Crippen LogP contribution is 2.31. The van der Waals surface area contributed by atoms with Crippen LogP contribution in [-0.2, 0) is 11.8 Å². The second-order valence-electron chi connectivity index (χ2n) is 7.81. The van der Waals surface area contributed by atoms with Gasteiger partial charge in [0.2, 0.25) is 5.91 Å². The zero-order chi connectivity index (χ0) is 19.6. The molecule has 2 amide bonds. The van der Waals surface area contributed by atoms with Crippen LogP contribution < -0.4 is 0 Å². The number of fused-ring (bicyclic) bond motifs is 1. The largest absolute Gasteiger partial charge is 0.338 e. The maximum Gasteiger partial charge on any atom is 0.272 e. The summed E-state index contributed by atoms with van der Waals surface area (Å²) in [5, 5.41) is 4.30. The SMILES string of the molecule is CCN(CC)CCN1C(=O)CC[C@@H]2CN(C(=O)c3cc(C)nn3C)CC[C@@H]21. The maximum atomic E-state index is 12.9. The predicted molar refractivity (Wildman–Crippen MR) is 104 cm³/mol. The lowest BCUT2D eigenvalue weighted by atomic mass is 9.83. The number of rotatable bonds is 6. The van der Waals surface area contributed by atoms with Gasteiger partial charge in [-0.05, 0) is 44.8 Å². The summed E-state index contributed by atoms with van der Waals surface area (Å²) >= 11 is 0. The van der Waals surface area contributed by atoms with Crippen LogP contribution in [0.3, 0.4) is 0 Å². The summed E-state index contributed by atoms with van der Waals surface area (Å²) in [6.07, 6.45) is 2.36. The van der Waals surface area contributed by atoms with E-state index in [0.717, 1.165) is 51.3 Å². The Labute approximate surface area is 162 Å². The molecule has 2 aliphatic heterocycles. The molecule has 0 unspecified atom stereocenters. The third-order valence-corrected chi connectivity index (χ3v) is 6.20. The first-order chi connectivity index (χ1) is 12.9. The summed E-state index contributed by atoms with van der Waals surface area (Å²) in [6, 6.07) is 2.13. The zero-order valence-corrected chi connectivity index (χ0v) is 17.1. The number of piperidine rings is 2. The molecule has 3 rings (SSSR count). The van der Waals surface area contributed by atoms with Crippen LogP contribution in [-0.4, -0.2) is 81.6 Å². The van der Waals surface area contributed by atoms with Crippen LogP contribution in [0.2, 0.25) is 0 Å². The van der Waals surface area contributed by atoms with E-state index in [0.29, 0.717) is 24.6 Å². The standard InChI is InChI=1S/C20H33N5O2/c1-5-23(6-2)11-12-25-17-9-10-24(14-16(17)7-8-19(25)26)20(27)18-13-15(3)21-22(18)4/h13,16-17H,5-12,14H2,1-4H3/t16-,17+/m1/s1. The zero-order valence-electron chi connectivity index (χ0n) is 17.1. The molecule has 27 heavy (non-hydrogen) atoms. The van der Waals surface area contributed by atoms with Crippen LogP contribution >= 0.6 is 0 Å². The first-order valence-electron chi connectivity index (χ1n) is 10.3. The monoisotopic (exact) mass is 375 g/mol. The molecule has 7 nitrogen and oxygen atoms in total. The molecule has 0 aliphatic carbocycles. The normalized spacial score (nSPS) is 23.1. The van der Waals surface area contributed by atoms with Gasteiger partial charge in [0.25, 0.3) is 5.91 Å². The Morgan fingerprint density at radius 2 is 2.04 bits per heavy atom. The van der Waals surface area contributed by atoms with Crippen molar-refractivity contribution in [2.75, 3.05) is 39.3 Å². The molecule has 2 atom stereocenters. The van der Waals surface area contributed by atoms with Crippen LogP contribution in [0.5, 0.6) is 0 Å². The van der Waals surface area contributed by atoms with Crippen LogP contribution in [0.1, 0.15) is 49.3 Å². The van der Waals surface area contributed by atoms with Crippen molar-refractivity contribution in [3.8, 4) is 0 Å². The van der Waals surface area contributed by atoms with Gasteiger partial charge in [-0.1, -0.05) is 13.8 Å². The number of amides is 2. The van der Waals surface area contributed by atoms with E-state index in [1.54, 1.807) is 4.68 Å². The summed E-state index contributed by atoms with van der Waals surface area (Å²) in [5.74, 6) is 0.722. The fraction of sp³-hybridized carbons (Fsp3) is 0.750. The topological polar surface area (TPSA) is 61.7 Å². The van der Waals surface area contributed by atoms with Crippen LogP contribution in [0.4, 0.5) is 0 Å². The van der Waals surface area contributed by atoms with Crippen molar-refractivity contribution in [1.29, 1.82) is 0 Å². The minimum absolute atomic E-state index is 0.0585. The first-order valence-corrected chi connectivity index (χ1v) is 10.3. The summed E-state index contributed by atoms with van der Waals surface area (Å²) in [6.45, 7) is 11.4. The molecule has 3 heterocycles. The van der Waals surface area contributed by atoms with Gasteiger partial charge in [-0.3, -0.25) is 14.3 Å². The van der Waals surface area contributed by atoms with Gasteiger partial charge in [0.15, 0.2) is 0 Å². The Morgan fingerprint density at radius 3 is 2.67 bits per heavy atom. The Bertz CT molecular complexity index is 682. The highest BCUT2D eigenvalue weighted by molar-refractivity contribution is 5.92. The number of likely N-dealkylation sites (N-methyl/N-ethyl adjacent to an activating group) is 1. The summed E-state index contributed by atoms with van der Waals surface area (Å²) in [5.41, 5.74) is 1.51. The van der Waals surface area contributed by atoms with E-state index in [2.05, 4.69) is 28.7 Å². The van der Waals surface area contributed by atoms with Gasteiger partial charge in [-0.15, -0.1) is 0 Å². The summed E-state index contributed by atoms with van der Waals surface area (Å²) in [4.78, 5) is 31.9. The number of hydrogen-bond acceptors (Lipinski definition) is 4. The summed E-state index contributed by atoms with van der Waals surface area (Å²) < 4.78 is 1.67. The molecule has 2 aliphatic rings. The molecule has 1 aromatic heterocycles. The van der Waals surface area contributed by atoms with Crippen LogP contribution in [0, 0.1) is 12.8 Å². The molecule has 150 valence electrons. The molecule has 0 radical (unpaired) electrons. The number of hydrogen-bond donors (Lipinski definition) is 0. The maximum absolute atomic E-state index is 12.9. The van der Waals surface area contributed by atoms with Gasteiger partial charge in [-0.2, -0.15) is 5.10 Å². The first kappa shape index (κ1) is 19.9. The van der Waals surface area contributed by atoms with Crippen molar-refractivity contribution in [3.63, 3.8) is 0 Å². The van der Waals surface area contributed by atoms with Gasteiger partial charge in [0.05, 0.1) is 5.69 Å². The molecule has 0 aromatic carbocycles. The minimum atomic E-state index is 0.0585. The third kappa shape index (κ3) is 4.18. The lowest BCUT2D eigenvalue weighted by Gasteiger charge is -2.47. The van der Waals surface area contributed by atoms with Crippen molar-refractivity contribution < 1.29 is 9.59 Å². The molecule has 2 fully saturated rings. The lowest BCUT2D eigenvalue weighted by molar-refractivity contribution is -0.140. The van der Waals surface area contributed by atoms with Crippen molar-refractivity contribution in [2.45, 2.75) is 46.1 Å². The molecule has 0 bridgehead atoms. The number of likely N-dealkylation sites (tertiary alicyclic amines) is 2. The predicted octanol–water partition coefficient (Wildman–Crippen LogP) is 1.52. The second-order valence-corrected chi connectivity index (χ2v) is 7.81. The average Bonchev–Trinajstić information content (AvgIpc) is 3.01. The van der Waals surface area contributed by atoms with E-state index in [4.69, 9.17) is 0 Å². The number of aromatic nitrogens is 2. The molecular weight excluding hydrogens is 342 g/mol. The van der Waals surface area contributed by atoms with Gasteiger partial charge >= 0.3 is 0 Å². The van der Waals surface area contributed by atoms with Crippen LogP contribution in [0.25, 0.3) is 0 Å². The Kier molecular flexibility index (Phi) is 6.19. The number of aryl methyl sites for hydroxylation is 2. The molecule has 0 spiro atoms. The van der Waals surface area contributed by atoms with Gasteiger partial charge < -0.3 is 14.7 Å². The fourth-order valence-corrected chi connectivity index (χ4v) is 4.59. The number of nitrogens with zero attached hydrogens (tertiary/aromatic N) is 5. The second kappa shape index (κ2) is 8.42. The molecule has 0 saturated carbocycles. The van der Waals surface area contributed by atoms with E-state index in [1.807, 2.05) is 24.9 Å². The van der Waals surface area contributed by atoms with Crippen molar-refractivity contribution in [1.82, 2.24) is 24.5 Å². The Balaban J connectivity index is 1.65. The van der Waals surface area contributed by atoms with E-state index < -0.39 is 0 Å². The van der Waals surface area contributed by atoms with E-state index in [9.17, 15) is 9.59 Å². The molecule has 2 saturated heterocycles. The van der Waals surface area contributed by atoms with Crippen molar-refractivity contribution >= 4 is 11.8 Å². The van der Waals surface area contributed by atoms with Crippen LogP contribution in [0.15, 0.2) is 6.07 Å². The summed E-state index contributed by atoms with van der Waals surface area (Å²) in [7, 11) is 1.82. The highest BCUT2D eigenvalue weighted by Gasteiger charge is 2.40. The quantitative estimate of drug-likeness (QED) is 0.756. The Hall–Kier alpha value is -1.89. The van der Waals surface area contributed by atoms with Crippen molar-refractivity contribution in [3.05, 3.63) is 17.5 Å². The average molecular weight is 376 g/mol. The Morgan fingerprint density at radius 1 is 1.30 bits per heavy atom. The fourth-order valence-electron chi connectivity index (χ4n) is 4.59. The molecular formula is C20H33N5O2. The third-order valence-electron chi connectivity index (χ3n) is 6.20. The number of carbonyl (C=O) groups excluding carboxylic acids is 2. The van der Waals surface area contributed by atoms with Crippen molar-refractivity contribution in [2.24, 2.45) is 13.0 Å². The van der Waals surface area contributed by atoms with E-state index in [1.165, 1.54) is 0 Å². The smallest absolute Gasteiger partial charge is 0.272 e. The van der Waals surface area contributed by atoms with Gasteiger partial charge in [0, 0.05) is 45.7 Å². The van der Waals surface area contributed by atoms with E-state index in [-0.39, 0.29) is 17.9 Å². The number of carbonyl (C=O) groups is 2. The lowest BCUT2D eigenvalue weighted by Crippen LogP contribution is -2.58. The van der Waals surface area contributed by atoms with E-state index >= 15 is 0 Å². The molecule has 7 heteroatoms. The highest BCUT2D eigenvalue weighted by atomic mass is 16.2. The minimum Gasteiger partial charge on any atom is -0.338 e. The van der Waals surface area contributed by atoms with Gasteiger partial charge in [-0.25, -0.2) is 0 Å². The van der Waals surface area contributed by atoms with Gasteiger partial charge in [0.1, 0.15) is 5.69 Å². The molecule has 0 N–H and O–H groups in total. The molecule has 1 aromatic rings.